The van der Waals surface area contributed by atoms with Crippen molar-refractivity contribution in [3.05, 3.63) is 29.8 Å². The van der Waals surface area contributed by atoms with Crippen LogP contribution in [0.5, 0.6) is 5.75 Å². The highest BCUT2D eigenvalue weighted by Crippen LogP contribution is 2.16. The predicted octanol–water partition coefficient (Wildman–Crippen LogP) is 1.82. The average molecular weight is 232 g/mol. The molecule has 0 fully saturated rings. The first-order valence-electron chi connectivity index (χ1n) is 5.07. The Bertz CT molecular complexity index is 475. The average Bonchev–Trinajstić information content (AvgIpc) is 2.32. The number of benzene rings is 1. The van der Waals surface area contributed by atoms with E-state index in [-0.39, 0.29) is 6.61 Å². The minimum Gasteiger partial charge on any atom is -0.461 e. The monoisotopic (exact) mass is 232 g/mol. The number of hydrogen-bond donors (Lipinski definition) is 0. The van der Waals surface area contributed by atoms with Crippen molar-refractivity contribution in [3.8, 4) is 11.8 Å². The number of carbonyl (C=O) groups excluding carboxylic acids is 1. The van der Waals surface area contributed by atoms with Gasteiger partial charge in [0.25, 0.3) is 5.71 Å². The summed E-state index contributed by atoms with van der Waals surface area (Å²) < 4.78 is 4.64. The quantitative estimate of drug-likeness (QED) is 0.451. The fourth-order valence-electron chi connectivity index (χ4n) is 1.06. The van der Waals surface area contributed by atoms with Crippen LogP contribution in [0, 0.1) is 18.3 Å². The van der Waals surface area contributed by atoms with Gasteiger partial charge in [-0.15, -0.1) is 0 Å². The van der Waals surface area contributed by atoms with Crippen LogP contribution in [0.2, 0.25) is 0 Å². The molecule has 0 aliphatic carbocycles. The third-order valence-electron chi connectivity index (χ3n) is 1.90. The molecule has 0 amide bonds. The van der Waals surface area contributed by atoms with Gasteiger partial charge in [-0.1, -0.05) is 23.4 Å². The molecular formula is C12H12N2O3. The highest BCUT2D eigenvalue weighted by atomic mass is 16.6. The molecular weight excluding hydrogens is 220 g/mol. The Kier molecular flexibility index (Phi) is 4.70. The van der Waals surface area contributed by atoms with Crippen LogP contribution in [-0.2, 0) is 9.53 Å². The summed E-state index contributed by atoms with van der Waals surface area (Å²) in [6.45, 7) is 3.67. The van der Waals surface area contributed by atoms with Crippen LogP contribution in [0.1, 0.15) is 12.5 Å². The van der Waals surface area contributed by atoms with Gasteiger partial charge in [0.15, 0.2) is 5.75 Å². The Morgan fingerprint density at radius 1 is 1.47 bits per heavy atom. The number of nitriles is 1. The number of esters is 1. The van der Waals surface area contributed by atoms with E-state index in [1.807, 2.05) is 19.1 Å². The van der Waals surface area contributed by atoms with Gasteiger partial charge in [-0.05, 0) is 25.5 Å². The predicted molar refractivity (Wildman–Crippen MR) is 61.5 cm³/mol. The molecule has 5 heteroatoms. The molecule has 0 aliphatic heterocycles. The molecule has 0 spiro atoms. The van der Waals surface area contributed by atoms with Crippen molar-refractivity contribution in [2.75, 3.05) is 6.61 Å². The number of ether oxygens (including phenoxy) is 1. The zero-order chi connectivity index (χ0) is 12.7. The van der Waals surface area contributed by atoms with Crippen LogP contribution >= 0.6 is 0 Å². The van der Waals surface area contributed by atoms with Gasteiger partial charge in [-0.3, -0.25) is 0 Å². The Balaban J connectivity index is 2.79. The van der Waals surface area contributed by atoms with Gasteiger partial charge < -0.3 is 9.57 Å². The van der Waals surface area contributed by atoms with Gasteiger partial charge in [0.1, 0.15) is 6.07 Å². The SMILES string of the molecule is CCOC(=O)C(C#N)=NOc1ccccc1C. The number of rotatable bonds is 4. The van der Waals surface area contributed by atoms with Gasteiger partial charge in [-0.2, -0.15) is 5.26 Å². The van der Waals surface area contributed by atoms with Crippen molar-refractivity contribution < 1.29 is 14.4 Å². The van der Waals surface area contributed by atoms with Crippen LogP contribution in [0.3, 0.4) is 0 Å². The number of nitrogens with zero attached hydrogens (tertiary/aromatic N) is 2. The molecule has 0 bridgehead atoms. The van der Waals surface area contributed by atoms with Crippen LogP contribution in [0.25, 0.3) is 0 Å². The highest BCUT2D eigenvalue weighted by molar-refractivity contribution is 6.42. The lowest BCUT2D eigenvalue weighted by molar-refractivity contribution is -0.135. The first-order chi connectivity index (χ1) is 8.19. The minimum atomic E-state index is -0.788. The molecule has 0 aliphatic rings. The second-order valence-corrected chi connectivity index (χ2v) is 3.13. The molecule has 0 radical (unpaired) electrons. The van der Waals surface area contributed by atoms with Gasteiger partial charge in [0, 0.05) is 0 Å². The molecule has 0 unspecified atom stereocenters. The summed E-state index contributed by atoms with van der Waals surface area (Å²) in [5.41, 5.74) is 0.451. The summed E-state index contributed by atoms with van der Waals surface area (Å²) >= 11 is 0. The largest absolute Gasteiger partial charge is 0.461 e. The Morgan fingerprint density at radius 3 is 2.76 bits per heavy atom. The fourth-order valence-corrected chi connectivity index (χ4v) is 1.06. The van der Waals surface area contributed by atoms with Gasteiger partial charge in [0.2, 0.25) is 0 Å². The lowest BCUT2D eigenvalue weighted by Crippen LogP contribution is -2.16. The third kappa shape index (κ3) is 3.61. The molecule has 1 aromatic rings. The molecule has 17 heavy (non-hydrogen) atoms. The van der Waals surface area contributed by atoms with Crippen molar-refractivity contribution in [3.63, 3.8) is 0 Å². The van der Waals surface area contributed by atoms with Crippen molar-refractivity contribution in [2.24, 2.45) is 5.16 Å². The molecule has 1 aromatic carbocycles. The van der Waals surface area contributed by atoms with E-state index < -0.39 is 11.7 Å². The maximum Gasteiger partial charge on any atom is 0.371 e. The van der Waals surface area contributed by atoms with Crippen molar-refractivity contribution in [1.29, 1.82) is 5.26 Å². The number of oxime groups is 1. The summed E-state index contributed by atoms with van der Waals surface area (Å²) in [7, 11) is 0. The van der Waals surface area contributed by atoms with E-state index in [1.54, 1.807) is 25.1 Å². The van der Waals surface area contributed by atoms with Gasteiger partial charge >= 0.3 is 5.97 Å². The van der Waals surface area contributed by atoms with Crippen LogP contribution < -0.4 is 4.84 Å². The normalized spacial score (nSPS) is 10.5. The molecule has 0 aromatic heterocycles. The fraction of sp³-hybridized carbons (Fsp3) is 0.250. The van der Waals surface area contributed by atoms with E-state index in [4.69, 9.17) is 10.1 Å². The first-order valence-corrected chi connectivity index (χ1v) is 5.07. The summed E-state index contributed by atoms with van der Waals surface area (Å²) in [5, 5.41) is 12.2. The topological polar surface area (TPSA) is 71.7 Å². The maximum atomic E-state index is 11.2. The molecule has 5 nitrogen and oxygen atoms in total. The Hall–Kier alpha value is -2.35. The van der Waals surface area contributed by atoms with E-state index in [0.29, 0.717) is 5.75 Å². The molecule has 88 valence electrons. The number of hydrogen-bond acceptors (Lipinski definition) is 5. The molecule has 0 atom stereocenters. The number of carbonyl (C=O) groups is 1. The second-order valence-electron chi connectivity index (χ2n) is 3.13. The van der Waals surface area contributed by atoms with E-state index in [2.05, 4.69) is 9.89 Å². The smallest absolute Gasteiger partial charge is 0.371 e. The van der Waals surface area contributed by atoms with E-state index in [1.165, 1.54) is 0 Å². The first kappa shape index (κ1) is 12.7. The van der Waals surface area contributed by atoms with Crippen LogP contribution in [0.4, 0.5) is 0 Å². The summed E-state index contributed by atoms with van der Waals surface area (Å²) in [6.07, 6.45) is 0. The second kappa shape index (κ2) is 6.28. The standard InChI is InChI=1S/C12H12N2O3/c1-3-16-12(15)10(8-13)14-17-11-7-5-4-6-9(11)2/h4-7H,3H2,1-2H3. The molecule has 0 heterocycles. The van der Waals surface area contributed by atoms with E-state index in [0.717, 1.165) is 5.56 Å². The minimum absolute atomic E-state index is 0.184. The number of aryl methyl sites for hydroxylation is 1. The molecule has 1 rings (SSSR count). The molecule has 0 N–H and O–H groups in total. The van der Waals surface area contributed by atoms with Gasteiger partial charge in [0.05, 0.1) is 6.61 Å². The van der Waals surface area contributed by atoms with E-state index in [9.17, 15) is 4.79 Å². The summed E-state index contributed by atoms with van der Waals surface area (Å²) in [6, 6.07) is 8.78. The molecule has 0 saturated carbocycles. The highest BCUT2D eigenvalue weighted by Gasteiger charge is 2.13. The third-order valence-corrected chi connectivity index (χ3v) is 1.90. The maximum absolute atomic E-state index is 11.2. The van der Waals surface area contributed by atoms with Crippen molar-refractivity contribution in [2.45, 2.75) is 13.8 Å². The van der Waals surface area contributed by atoms with Crippen LogP contribution in [-0.4, -0.2) is 18.3 Å². The van der Waals surface area contributed by atoms with Crippen molar-refractivity contribution >= 4 is 11.7 Å². The lowest BCUT2D eigenvalue weighted by atomic mass is 10.2. The Morgan fingerprint density at radius 2 is 2.18 bits per heavy atom. The zero-order valence-corrected chi connectivity index (χ0v) is 9.64. The van der Waals surface area contributed by atoms with Crippen molar-refractivity contribution in [1.82, 2.24) is 0 Å². The Labute approximate surface area is 99.3 Å². The zero-order valence-electron chi connectivity index (χ0n) is 9.64. The number of para-hydroxylation sites is 1. The van der Waals surface area contributed by atoms with Crippen LogP contribution in [0.15, 0.2) is 29.4 Å². The summed E-state index contributed by atoms with van der Waals surface area (Å²) in [5.74, 6) is -0.298. The molecule has 0 saturated heterocycles. The van der Waals surface area contributed by atoms with E-state index >= 15 is 0 Å². The van der Waals surface area contributed by atoms with Gasteiger partial charge in [-0.25, -0.2) is 4.79 Å². The lowest BCUT2D eigenvalue weighted by Gasteiger charge is -2.02. The summed E-state index contributed by atoms with van der Waals surface area (Å²) in [4.78, 5) is 16.2.